The molecule has 5 heteroatoms. The molecule has 2 atom stereocenters. The Morgan fingerprint density at radius 2 is 1.96 bits per heavy atom. The smallest absolute Gasteiger partial charge is 0.225 e. The number of carbonyl (C=O) groups is 1. The highest BCUT2D eigenvalue weighted by molar-refractivity contribution is 5.79. The monoisotopic (exact) mass is 350 g/mol. The number of ether oxygens (including phenoxy) is 2. The Hall–Kier alpha value is -0.910. The average molecular weight is 351 g/mol. The summed E-state index contributed by atoms with van der Waals surface area (Å²) in [5.74, 6) is 0.720. The summed E-state index contributed by atoms with van der Waals surface area (Å²) in [6.07, 6.45) is 8.81. The molecule has 5 nitrogen and oxygen atoms in total. The van der Waals surface area contributed by atoms with E-state index in [-0.39, 0.29) is 12.1 Å². The van der Waals surface area contributed by atoms with Gasteiger partial charge in [-0.15, -0.1) is 0 Å². The molecule has 0 aromatic heterocycles. The molecule has 142 valence electrons. The zero-order chi connectivity index (χ0) is 17.6. The number of amides is 1. The topological polar surface area (TPSA) is 50.8 Å². The molecule has 3 aliphatic rings. The van der Waals surface area contributed by atoms with Crippen LogP contribution < -0.4 is 5.32 Å². The molecule has 3 rings (SSSR count). The van der Waals surface area contributed by atoms with E-state index >= 15 is 0 Å². The summed E-state index contributed by atoms with van der Waals surface area (Å²) in [6.45, 7) is 8.17. The van der Waals surface area contributed by atoms with Crippen LogP contribution in [0, 0.1) is 5.92 Å². The van der Waals surface area contributed by atoms with Crippen molar-refractivity contribution in [3.8, 4) is 0 Å². The zero-order valence-electron chi connectivity index (χ0n) is 15.8. The molecule has 25 heavy (non-hydrogen) atoms. The summed E-state index contributed by atoms with van der Waals surface area (Å²) >= 11 is 0. The predicted octanol–water partition coefficient (Wildman–Crippen LogP) is 2.51. The molecule has 2 heterocycles. The van der Waals surface area contributed by atoms with Gasteiger partial charge in [0.25, 0.3) is 0 Å². The Morgan fingerprint density at radius 3 is 2.60 bits per heavy atom. The second kappa shape index (κ2) is 9.15. The number of nitrogens with one attached hydrogen (secondary N) is 1. The highest BCUT2D eigenvalue weighted by Crippen LogP contribution is 2.29. The SMILES string of the molecule is CC(C)=CCO[C@@H]1CCOC[C@@H]1NC1CCN(C(=O)C2CCC2)CC1. The summed E-state index contributed by atoms with van der Waals surface area (Å²) in [6, 6.07) is 0.727. The van der Waals surface area contributed by atoms with E-state index in [0.717, 1.165) is 58.4 Å². The quantitative estimate of drug-likeness (QED) is 0.748. The van der Waals surface area contributed by atoms with Gasteiger partial charge in [0.2, 0.25) is 5.91 Å². The van der Waals surface area contributed by atoms with Gasteiger partial charge in [-0.1, -0.05) is 18.1 Å². The first kappa shape index (κ1) is 18.9. The van der Waals surface area contributed by atoms with Gasteiger partial charge < -0.3 is 19.7 Å². The number of likely N-dealkylation sites (tertiary alicyclic amines) is 1. The van der Waals surface area contributed by atoms with Gasteiger partial charge in [0.05, 0.1) is 25.4 Å². The van der Waals surface area contributed by atoms with Gasteiger partial charge in [-0.25, -0.2) is 0 Å². The summed E-state index contributed by atoms with van der Waals surface area (Å²) in [5, 5.41) is 3.75. The first-order valence-corrected chi connectivity index (χ1v) is 10.0. The van der Waals surface area contributed by atoms with E-state index in [4.69, 9.17) is 9.47 Å². The Labute approximate surface area is 152 Å². The normalized spacial score (nSPS) is 28.5. The van der Waals surface area contributed by atoms with Crippen LogP contribution in [0.15, 0.2) is 11.6 Å². The number of allylic oxidation sites excluding steroid dienone is 1. The van der Waals surface area contributed by atoms with Crippen molar-refractivity contribution in [1.82, 2.24) is 10.2 Å². The second-order valence-electron chi connectivity index (χ2n) is 8.02. The van der Waals surface area contributed by atoms with Crippen LogP contribution in [0.1, 0.15) is 52.4 Å². The third-order valence-corrected chi connectivity index (χ3v) is 5.81. The van der Waals surface area contributed by atoms with E-state index < -0.39 is 0 Å². The van der Waals surface area contributed by atoms with E-state index in [9.17, 15) is 4.79 Å². The fourth-order valence-electron chi connectivity index (χ4n) is 3.89. The standard InChI is InChI=1S/C20H34N2O3/c1-15(2)8-13-25-19-9-12-24-14-18(19)21-17-6-10-22(11-7-17)20(23)16-4-3-5-16/h8,16-19,21H,3-7,9-14H2,1-2H3/t18-,19+/m0/s1. The molecular formula is C20H34N2O3. The van der Waals surface area contributed by atoms with Crippen molar-refractivity contribution in [3.63, 3.8) is 0 Å². The molecule has 1 saturated carbocycles. The minimum atomic E-state index is 0.221. The number of carbonyl (C=O) groups excluding carboxylic acids is 1. The second-order valence-corrected chi connectivity index (χ2v) is 8.02. The van der Waals surface area contributed by atoms with Crippen molar-refractivity contribution in [1.29, 1.82) is 0 Å². The molecule has 2 saturated heterocycles. The van der Waals surface area contributed by atoms with Crippen LogP contribution in [0.25, 0.3) is 0 Å². The molecule has 3 fully saturated rings. The third-order valence-electron chi connectivity index (χ3n) is 5.81. The molecular weight excluding hydrogens is 316 g/mol. The van der Waals surface area contributed by atoms with Gasteiger partial charge in [0, 0.05) is 31.7 Å². The largest absolute Gasteiger partial charge is 0.380 e. The van der Waals surface area contributed by atoms with Gasteiger partial charge >= 0.3 is 0 Å². The summed E-state index contributed by atoms with van der Waals surface area (Å²) in [4.78, 5) is 14.4. The van der Waals surface area contributed by atoms with E-state index in [0.29, 0.717) is 24.5 Å². The number of piperidine rings is 1. The maximum Gasteiger partial charge on any atom is 0.225 e. The molecule has 1 amide bonds. The van der Waals surface area contributed by atoms with Crippen LogP contribution in [-0.2, 0) is 14.3 Å². The summed E-state index contributed by atoms with van der Waals surface area (Å²) in [5.41, 5.74) is 1.29. The van der Waals surface area contributed by atoms with Crippen LogP contribution in [0.2, 0.25) is 0 Å². The van der Waals surface area contributed by atoms with Crippen molar-refractivity contribution in [2.24, 2.45) is 5.92 Å². The molecule has 2 aliphatic heterocycles. The van der Waals surface area contributed by atoms with E-state index in [1.807, 2.05) is 0 Å². The predicted molar refractivity (Wildman–Crippen MR) is 98.5 cm³/mol. The van der Waals surface area contributed by atoms with Crippen LogP contribution in [0.4, 0.5) is 0 Å². The minimum Gasteiger partial charge on any atom is -0.380 e. The van der Waals surface area contributed by atoms with Gasteiger partial charge in [-0.3, -0.25) is 4.79 Å². The van der Waals surface area contributed by atoms with Crippen molar-refractivity contribution in [2.75, 3.05) is 32.9 Å². The molecule has 0 radical (unpaired) electrons. The summed E-state index contributed by atoms with van der Waals surface area (Å²) in [7, 11) is 0. The van der Waals surface area contributed by atoms with Crippen molar-refractivity contribution in [3.05, 3.63) is 11.6 Å². The van der Waals surface area contributed by atoms with Crippen molar-refractivity contribution < 1.29 is 14.3 Å². The number of hydrogen-bond acceptors (Lipinski definition) is 4. The Balaban J connectivity index is 1.43. The fraction of sp³-hybridized carbons (Fsp3) is 0.850. The maximum absolute atomic E-state index is 12.4. The van der Waals surface area contributed by atoms with Crippen molar-refractivity contribution >= 4 is 5.91 Å². The summed E-state index contributed by atoms with van der Waals surface area (Å²) < 4.78 is 11.7. The lowest BCUT2D eigenvalue weighted by atomic mass is 9.84. The van der Waals surface area contributed by atoms with Gasteiger partial charge in [-0.05, 0) is 46.0 Å². The minimum absolute atomic E-state index is 0.221. The zero-order valence-corrected chi connectivity index (χ0v) is 15.8. The van der Waals surface area contributed by atoms with Gasteiger partial charge in [-0.2, -0.15) is 0 Å². The van der Waals surface area contributed by atoms with E-state index in [1.54, 1.807) is 0 Å². The lowest BCUT2D eigenvalue weighted by Gasteiger charge is -2.40. The first-order chi connectivity index (χ1) is 12.1. The molecule has 0 unspecified atom stereocenters. The average Bonchev–Trinajstić information content (AvgIpc) is 2.55. The number of nitrogens with zero attached hydrogens (tertiary/aromatic N) is 1. The molecule has 0 bridgehead atoms. The Bertz CT molecular complexity index is 464. The molecule has 0 aromatic rings. The lowest BCUT2D eigenvalue weighted by Crippen LogP contribution is -2.55. The molecule has 1 N–H and O–H groups in total. The molecule has 1 aliphatic carbocycles. The van der Waals surface area contributed by atoms with Crippen LogP contribution in [0.3, 0.4) is 0 Å². The fourth-order valence-corrected chi connectivity index (χ4v) is 3.89. The Kier molecular flexibility index (Phi) is 6.91. The molecule has 0 aromatic carbocycles. The highest BCUT2D eigenvalue weighted by atomic mass is 16.5. The van der Waals surface area contributed by atoms with Crippen molar-refractivity contribution in [2.45, 2.75) is 70.6 Å². The van der Waals surface area contributed by atoms with Crippen LogP contribution >= 0.6 is 0 Å². The lowest BCUT2D eigenvalue weighted by molar-refractivity contribution is -0.139. The Morgan fingerprint density at radius 1 is 1.20 bits per heavy atom. The van der Waals surface area contributed by atoms with E-state index in [2.05, 4.69) is 30.1 Å². The third kappa shape index (κ3) is 5.28. The number of rotatable bonds is 6. The maximum atomic E-state index is 12.4. The van der Waals surface area contributed by atoms with Crippen LogP contribution in [0.5, 0.6) is 0 Å². The highest BCUT2D eigenvalue weighted by Gasteiger charge is 2.33. The first-order valence-electron chi connectivity index (χ1n) is 10.0. The van der Waals surface area contributed by atoms with E-state index in [1.165, 1.54) is 12.0 Å². The van der Waals surface area contributed by atoms with Crippen LogP contribution in [-0.4, -0.2) is 61.9 Å². The molecule has 0 spiro atoms. The van der Waals surface area contributed by atoms with Gasteiger partial charge in [0.15, 0.2) is 0 Å². The number of hydrogen-bond donors (Lipinski definition) is 1. The van der Waals surface area contributed by atoms with Gasteiger partial charge in [0.1, 0.15) is 0 Å².